The summed E-state index contributed by atoms with van der Waals surface area (Å²) in [5.74, 6) is 1.35. The molecule has 4 rings (SSSR count). The van der Waals surface area contributed by atoms with Gasteiger partial charge in [-0.05, 0) is 43.5 Å². The molecule has 1 fully saturated rings. The van der Waals surface area contributed by atoms with Gasteiger partial charge in [-0.15, -0.1) is 0 Å². The Morgan fingerprint density at radius 1 is 1.19 bits per heavy atom. The Labute approximate surface area is 153 Å². The number of carbonyl (C=O) groups excluding carboxylic acids is 1. The minimum atomic E-state index is 0.0205. The Balaban J connectivity index is 1.37. The first-order valence-electron chi connectivity index (χ1n) is 9.05. The maximum atomic E-state index is 12.8. The van der Waals surface area contributed by atoms with Gasteiger partial charge < -0.3 is 19.1 Å². The lowest BCUT2D eigenvalue weighted by atomic mass is 10.1. The zero-order valence-corrected chi connectivity index (χ0v) is 14.9. The predicted molar refractivity (Wildman–Crippen MR) is 97.5 cm³/mol. The van der Waals surface area contributed by atoms with Crippen LogP contribution in [0.2, 0.25) is 0 Å². The SMILES string of the molecule is Cc1cccc(COC2CCCN(C(=O)c3ccc4c(c3)OCO4)C2)c1. The zero-order valence-electron chi connectivity index (χ0n) is 14.9. The number of benzene rings is 2. The largest absolute Gasteiger partial charge is 0.454 e. The van der Waals surface area contributed by atoms with E-state index >= 15 is 0 Å². The van der Waals surface area contributed by atoms with Gasteiger partial charge in [0.1, 0.15) is 0 Å². The smallest absolute Gasteiger partial charge is 0.254 e. The van der Waals surface area contributed by atoms with Crippen molar-refractivity contribution in [3.05, 3.63) is 59.2 Å². The fraction of sp³-hybridized carbons (Fsp3) is 0.381. The fourth-order valence-corrected chi connectivity index (χ4v) is 3.49. The summed E-state index contributed by atoms with van der Waals surface area (Å²) in [5.41, 5.74) is 3.03. The highest BCUT2D eigenvalue weighted by Crippen LogP contribution is 2.33. The molecule has 2 heterocycles. The Morgan fingerprint density at radius 3 is 2.96 bits per heavy atom. The predicted octanol–water partition coefficient (Wildman–Crippen LogP) is 3.55. The topological polar surface area (TPSA) is 48.0 Å². The molecule has 1 amide bonds. The molecule has 0 saturated carbocycles. The van der Waals surface area contributed by atoms with Crippen LogP contribution in [0.25, 0.3) is 0 Å². The quantitative estimate of drug-likeness (QED) is 0.843. The van der Waals surface area contributed by atoms with Crippen LogP contribution in [0.15, 0.2) is 42.5 Å². The van der Waals surface area contributed by atoms with Crippen molar-refractivity contribution in [1.82, 2.24) is 4.90 Å². The van der Waals surface area contributed by atoms with E-state index in [4.69, 9.17) is 14.2 Å². The molecule has 0 spiro atoms. The van der Waals surface area contributed by atoms with Gasteiger partial charge in [-0.1, -0.05) is 29.8 Å². The highest BCUT2D eigenvalue weighted by atomic mass is 16.7. The van der Waals surface area contributed by atoms with E-state index < -0.39 is 0 Å². The number of fused-ring (bicyclic) bond motifs is 1. The van der Waals surface area contributed by atoms with E-state index in [9.17, 15) is 4.79 Å². The average molecular weight is 353 g/mol. The third kappa shape index (κ3) is 3.68. The summed E-state index contributed by atoms with van der Waals surface area (Å²) in [7, 11) is 0. The van der Waals surface area contributed by atoms with E-state index in [1.807, 2.05) is 11.0 Å². The summed E-state index contributed by atoms with van der Waals surface area (Å²) < 4.78 is 16.8. The number of hydrogen-bond acceptors (Lipinski definition) is 4. The molecule has 26 heavy (non-hydrogen) atoms. The van der Waals surface area contributed by atoms with E-state index in [0.717, 1.165) is 19.4 Å². The number of nitrogens with zero attached hydrogens (tertiary/aromatic N) is 1. The van der Waals surface area contributed by atoms with Crippen molar-refractivity contribution in [2.45, 2.75) is 32.5 Å². The molecule has 1 unspecified atom stereocenters. The zero-order chi connectivity index (χ0) is 17.9. The fourth-order valence-electron chi connectivity index (χ4n) is 3.49. The van der Waals surface area contributed by atoms with E-state index in [1.165, 1.54) is 11.1 Å². The molecule has 1 atom stereocenters. The van der Waals surface area contributed by atoms with Crippen molar-refractivity contribution in [3.63, 3.8) is 0 Å². The normalized spacial score (nSPS) is 18.8. The van der Waals surface area contributed by atoms with Crippen LogP contribution in [-0.2, 0) is 11.3 Å². The maximum absolute atomic E-state index is 12.8. The van der Waals surface area contributed by atoms with Crippen LogP contribution in [0, 0.1) is 6.92 Å². The van der Waals surface area contributed by atoms with Crippen molar-refractivity contribution < 1.29 is 19.0 Å². The second-order valence-corrected chi connectivity index (χ2v) is 6.88. The standard InChI is InChI=1S/C21H23NO4/c1-15-4-2-5-16(10-15)13-24-18-6-3-9-22(12-18)21(23)17-7-8-19-20(11-17)26-14-25-19/h2,4-5,7-8,10-11,18H,3,6,9,12-14H2,1H3. The number of hydrogen-bond donors (Lipinski definition) is 0. The number of carbonyl (C=O) groups is 1. The molecule has 2 aromatic rings. The molecule has 0 bridgehead atoms. The molecule has 2 aliphatic rings. The molecule has 1 saturated heterocycles. The number of rotatable bonds is 4. The van der Waals surface area contributed by atoms with Crippen molar-refractivity contribution in [2.24, 2.45) is 0 Å². The Morgan fingerprint density at radius 2 is 2.08 bits per heavy atom. The number of aryl methyl sites for hydroxylation is 1. The molecule has 0 aliphatic carbocycles. The van der Waals surface area contributed by atoms with Gasteiger partial charge in [0.2, 0.25) is 6.79 Å². The first kappa shape index (κ1) is 16.9. The van der Waals surface area contributed by atoms with Crippen LogP contribution in [-0.4, -0.2) is 36.8 Å². The number of piperidine rings is 1. The lowest BCUT2D eigenvalue weighted by Gasteiger charge is -2.32. The number of likely N-dealkylation sites (tertiary alicyclic amines) is 1. The highest BCUT2D eigenvalue weighted by Gasteiger charge is 2.26. The van der Waals surface area contributed by atoms with E-state index in [1.54, 1.807) is 18.2 Å². The van der Waals surface area contributed by atoms with Gasteiger partial charge in [-0.2, -0.15) is 0 Å². The molecular weight excluding hydrogens is 330 g/mol. The minimum absolute atomic E-state index is 0.0205. The third-order valence-corrected chi connectivity index (χ3v) is 4.85. The van der Waals surface area contributed by atoms with Gasteiger partial charge in [0.15, 0.2) is 11.5 Å². The van der Waals surface area contributed by atoms with Crippen molar-refractivity contribution in [2.75, 3.05) is 19.9 Å². The summed E-state index contributed by atoms with van der Waals surface area (Å²) in [6, 6.07) is 13.7. The Bertz CT molecular complexity index is 804. The molecule has 0 radical (unpaired) electrons. The molecule has 136 valence electrons. The van der Waals surface area contributed by atoms with Gasteiger partial charge in [0.25, 0.3) is 5.91 Å². The van der Waals surface area contributed by atoms with Crippen molar-refractivity contribution in [1.29, 1.82) is 0 Å². The molecular formula is C21H23NO4. The van der Waals surface area contributed by atoms with E-state index in [0.29, 0.717) is 30.2 Å². The van der Waals surface area contributed by atoms with Crippen molar-refractivity contribution in [3.8, 4) is 11.5 Å². The van der Waals surface area contributed by atoms with Crippen LogP contribution in [0.3, 0.4) is 0 Å². The lowest BCUT2D eigenvalue weighted by molar-refractivity contribution is -0.00674. The summed E-state index contributed by atoms with van der Waals surface area (Å²) in [6.45, 7) is 4.26. The molecule has 0 aromatic heterocycles. The third-order valence-electron chi connectivity index (χ3n) is 4.85. The first-order chi connectivity index (χ1) is 12.7. The highest BCUT2D eigenvalue weighted by molar-refractivity contribution is 5.95. The Kier molecular flexibility index (Phi) is 4.80. The number of amides is 1. The van der Waals surface area contributed by atoms with Crippen LogP contribution >= 0.6 is 0 Å². The molecule has 2 aromatic carbocycles. The number of ether oxygens (including phenoxy) is 3. The second kappa shape index (κ2) is 7.38. The maximum Gasteiger partial charge on any atom is 0.254 e. The average Bonchev–Trinajstić information content (AvgIpc) is 3.14. The summed E-state index contributed by atoms with van der Waals surface area (Å²) in [6.07, 6.45) is 2.01. The summed E-state index contributed by atoms with van der Waals surface area (Å²) >= 11 is 0. The van der Waals surface area contributed by atoms with Crippen LogP contribution in [0.4, 0.5) is 0 Å². The molecule has 5 heteroatoms. The van der Waals surface area contributed by atoms with Crippen LogP contribution in [0.5, 0.6) is 11.5 Å². The summed E-state index contributed by atoms with van der Waals surface area (Å²) in [4.78, 5) is 14.7. The Hall–Kier alpha value is -2.53. The van der Waals surface area contributed by atoms with Gasteiger partial charge in [0.05, 0.1) is 12.7 Å². The first-order valence-corrected chi connectivity index (χ1v) is 9.05. The minimum Gasteiger partial charge on any atom is -0.454 e. The van der Waals surface area contributed by atoms with Crippen molar-refractivity contribution >= 4 is 5.91 Å². The van der Waals surface area contributed by atoms with Crippen LogP contribution < -0.4 is 9.47 Å². The lowest BCUT2D eigenvalue weighted by Crippen LogP contribution is -2.43. The van der Waals surface area contributed by atoms with E-state index in [-0.39, 0.29) is 18.8 Å². The molecule has 0 N–H and O–H groups in total. The van der Waals surface area contributed by atoms with Gasteiger partial charge in [-0.25, -0.2) is 0 Å². The van der Waals surface area contributed by atoms with Gasteiger partial charge in [0, 0.05) is 18.7 Å². The van der Waals surface area contributed by atoms with E-state index in [2.05, 4.69) is 25.1 Å². The van der Waals surface area contributed by atoms with Gasteiger partial charge >= 0.3 is 0 Å². The molecule has 5 nitrogen and oxygen atoms in total. The van der Waals surface area contributed by atoms with Crippen LogP contribution in [0.1, 0.15) is 34.3 Å². The van der Waals surface area contributed by atoms with Gasteiger partial charge in [-0.3, -0.25) is 4.79 Å². The molecule has 2 aliphatic heterocycles. The second-order valence-electron chi connectivity index (χ2n) is 6.88. The summed E-state index contributed by atoms with van der Waals surface area (Å²) in [5, 5.41) is 0. The monoisotopic (exact) mass is 353 g/mol.